The van der Waals surface area contributed by atoms with Gasteiger partial charge in [-0.3, -0.25) is 14.5 Å². The van der Waals surface area contributed by atoms with Crippen molar-refractivity contribution in [2.75, 3.05) is 38.6 Å². The number of ether oxygens (including phenoxy) is 1. The molecule has 28 heavy (non-hydrogen) atoms. The smallest absolute Gasteiger partial charge is 0.238 e. The van der Waals surface area contributed by atoms with E-state index in [1.807, 2.05) is 24.3 Å². The highest BCUT2D eigenvalue weighted by Gasteiger charge is 2.27. The summed E-state index contributed by atoms with van der Waals surface area (Å²) in [6.07, 6.45) is 0. The molecule has 1 heterocycles. The van der Waals surface area contributed by atoms with E-state index in [0.717, 1.165) is 30.9 Å². The van der Waals surface area contributed by atoms with E-state index >= 15 is 0 Å². The number of hydrogen-bond acceptors (Lipinski definition) is 5. The third-order valence-electron chi connectivity index (χ3n) is 4.75. The SMILES string of the molecule is COc1ccccc1C1CNCCN1CC(=O)Nc1cccc(C(C)=O)c1.Cl. The molecule has 1 amide bonds. The molecule has 3 rings (SSSR count). The molecule has 0 aromatic heterocycles. The summed E-state index contributed by atoms with van der Waals surface area (Å²) in [5.41, 5.74) is 2.29. The van der Waals surface area contributed by atoms with Crippen LogP contribution in [0.15, 0.2) is 48.5 Å². The Hall–Kier alpha value is -2.41. The number of nitrogens with one attached hydrogen (secondary N) is 2. The van der Waals surface area contributed by atoms with E-state index in [1.165, 1.54) is 6.92 Å². The van der Waals surface area contributed by atoms with Gasteiger partial charge in [0.2, 0.25) is 5.91 Å². The molecule has 2 N–H and O–H groups in total. The first-order valence-electron chi connectivity index (χ1n) is 9.07. The number of rotatable bonds is 6. The van der Waals surface area contributed by atoms with E-state index in [4.69, 9.17) is 4.74 Å². The third kappa shape index (κ3) is 5.32. The molecule has 0 aliphatic carbocycles. The molecule has 0 bridgehead atoms. The lowest BCUT2D eigenvalue weighted by Crippen LogP contribution is -2.48. The highest BCUT2D eigenvalue weighted by Crippen LogP contribution is 2.30. The van der Waals surface area contributed by atoms with Gasteiger partial charge in [0, 0.05) is 36.4 Å². The molecule has 0 saturated carbocycles. The summed E-state index contributed by atoms with van der Waals surface area (Å²) in [5, 5.41) is 6.29. The molecular formula is C21H26ClN3O3. The monoisotopic (exact) mass is 403 g/mol. The molecule has 1 aliphatic heterocycles. The lowest BCUT2D eigenvalue weighted by Gasteiger charge is -2.36. The predicted octanol–water partition coefficient (Wildman–Crippen LogP) is 2.90. The lowest BCUT2D eigenvalue weighted by molar-refractivity contribution is -0.118. The molecular weight excluding hydrogens is 378 g/mol. The Kier molecular flexibility index (Phi) is 7.99. The maximum absolute atomic E-state index is 12.6. The van der Waals surface area contributed by atoms with E-state index in [-0.39, 0.29) is 36.7 Å². The van der Waals surface area contributed by atoms with Gasteiger partial charge in [0.25, 0.3) is 0 Å². The van der Waals surface area contributed by atoms with E-state index in [9.17, 15) is 9.59 Å². The molecule has 7 heteroatoms. The number of para-hydroxylation sites is 1. The van der Waals surface area contributed by atoms with Crippen LogP contribution in [0, 0.1) is 0 Å². The Morgan fingerprint density at radius 1 is 1.21 bits per heavy atom. The minimum Gasteiger partial charge on any atom is -0.496 e. The summed E-state index contributed by atoms with van der Waals surface area (Å²) in [6, 6.07) is 15.0. The van der Waals surface area contributed by atoms with E-state index in [0.29, 0.717) is 11.3 Å². The Morgan fingerprint density at radius 2 is 2.00 bits per heavy atom. The summed E-state index contributed by atoms with van der Waals surface area (Å²) in [4.78, 5) is 26.3. The number of nitrogens with zero attached hydrogens (tertiary/aromatic N) is 1. The Morgan fingerprint density at radius 3 is 2.75 bits per heavy atom. The normalized spacial score (nSPS) is 16.7. The van der Waals surface area contributed by atoms with Crippen LogP contribution in [0.4, 0.5) is 5.69 Å². The average Bonchev–Trinajstić information content (AvgIpc) is 2.68. The number of halogens is 1. The number of hydrogen-bond donors (Lipinski definition) is 2. The van der Waals surface area contributed by atoms with E-state index < -0.39 is 0 Å². The average molecular weight is 404 g/mol. The van der Waals surface area contributed by atoms with Crippen LogP contribution < -0.4 is 15.4 Å². The number of methoxy groups -OCH3 is 1. The number of carbonyl (C=O) groups excluding carboxylic acids is 2. The number of benzene rings is 2. The van der Waals surface area contributed by atoms with E-state index in [1.54, 1.807) is 31.4 Å². The van der Waals surface area contributed by atoms with Crippen LogP contribution >= 0.6 is 12.4 Å². The molecule has 1 atom stereocenters. The van der Waals surface area contributed by atoms with Crippen LogP contribution in [0.5, 0.6) is 5.75 Å². The zero-order valence-corrected chi connectivity index (χ0v) is 16.9. The zero-order chi connectivity index (χ0) is 19.2. The number of Topliss-reactive ketones (excluding diaryl/α,β-unsaturated/α-hetero) is 1. The molecule has 1 fully saturated rings. The van der Waals surface area contributed by atoms with Crippen LogP contribution in [-0.4, -0.2) is 49.9 Å². The molecule has 1 aliphatic rings. The van der Waals surface area contributed by atoms with Crippen molar-refractivity contribution in [2.24, 2.45) is 0 Å². The van der Waals surface area contributed by atoms with Gasteiger partial charge in [-0.05, 0) is 25.1 Å². The zero-order valence-electron chi connectivity index (χ0n) is 16.1. The second-order valence-corrected chi connectivity index (χ2v) is 6.62. The van der Waals surface area contributed by atoms with Crippen molar-refractivity contribution in [1.82, 2.24) is 10.2 Å². The van der Waals surface area contributed by atoms with Crippen LogP contribution in [0.1, 0.15) is 28.9 Å². The predicted molar refractivity (Wildman–Crippen MR) is 113 cm³/mol. The fraction of sp³-hybridized carbons (Fsp3) is 0.333. The van der Waals surface area contributed by atoms with Crippen LogP contribution in [0.2, 0.25) is 0 Å². The lowest BCUT2D eigenvalue weighted by atomic mass is 10.0. The van der Waals surface area contributed by atoms with Gasteiger partial charge >= 0.3 is 0 Å². The first-order chi connectivity index (χ1) is 13.1. The second kappa shape index (κ2) is 10.2. The fourth-order valence-electron chi connectivity index (χ4n) is 3.38. The van der Waals surface area contributed by atoms with Gasteiger partial charge in [0.1, 0.15) is 5.75 Å². The Labute approximate surface area is 171 Å². The van der Waals surface area contributed by atoms with Crippen LogP contribution in [0.3, 0.4) is 0 Å². The molecule has 2 aromatic rings. The third-order valence-corrected chi connectivity index (χ3v) is 4.75. The van der Waals surface area contributed by atoms with Crippen molar-refractivity contribution >= 4 is 29.8 Å². The molecule has 2 aromatic carbocycles. The van der Waals surface area contributed by atoms with Crippen LogP contribution in [0.25, 0.3) is 0 Å². The molecule has 150 valence electrons. The number of piperazine rings is 1. The van der Waals surface area contributed by atoms with Crippen molar-refractivity contribution < 1.29 is 14.3 Å². The van der Waals surface area contributed by atoms with Crippen molar-refractivity contribution in [3.05, 3.63) is 59.7 Å². The van der Waals surface area contributed by atoms with E-state index in [2.05, 4.69) is 15.5 Å². The Bertz CT molecular complexity index is 828. The summed E-state index contributed by atoms with van der Waals surface area (Å²) in [6.45, 7) is 4.14. The van der Waals surface area contributed by atoms with Gasteiger partial charge in [-0.2, -0.15) is 0 Å². The van der Waals surface area contributed by atoms with Gasteiger partial charge in [0.05, 0.1) is 19.7 Å². The van der Waals surface area contributed by atoms with Gasteiger partial charge in [-0.1, -0.05) is 30.3 Å². The van der Waals surface area contributed by atoms with Crippen molar-refractivity contribution in [3.8, 4) is 5.75 Å². The largest absolute Gasteiger partial charge is 0.496 e. The van der Waals surface area contributed by atoms with Gasteiger partial charge in [-0.15, -0.1) is 12.4 Å². The molecule has 6 nitrogen and oxygen atoms in total. The van der Waals surface area contributed by atoms with Crippen molar-refractivity contribution in [1.29, 1.82) is 0 Å². The minimum atomic E-state index is -0.0995. The quantitative estimate of drug-likeness (QED) is 0.726. The van der Waals surface area contributed by atoms with Gasteiger partial charge in [0.15, 0.2) is 5.78 Å². The standard InChI is InChI=1S/C21H25N3O3.ClH/c1-15(25)16-6-5-7-17(12-16)23-21(26)14-24-11-10-22-13-19(24)18-8-3-4-9-20(18)27-2;/h3-9,12,19,22H,10-11,13-14H2,1-2H3,(H,23,26);1H. The molecule has 0 radical (unpaired) electrons. The minimum absolute atomic E-state index is 0. The molecule has 0 spiro atoms. The van der Waals surface area contributed by atoms with Crippen molar-refractivity contribution in [3.63, 3.8) is 0 Å². The highest BCUT2D eigenvalue weighted by atomic mass is 35.5. The highest BCUT2D eigenvalue weighted by molar-refractivity contribution is 5.97. The topological polar surface area (TPSA) is 70.7 Å². The first-order valence-corrected chi connectivity index (χ1v) is 9.07. The van der Waals surface area contributed by atoms with Gasteiger partial charge < -0.3 is 15.4 Å². The summed E-state index contributed by atoms with van der Waals surface area (Å²) in [5.74, 6) is 0.702. The maximum atomic E-state index is 12.6. The van der Waals surface area contributed by atoms with Gasteiger partial charge in [-0.25, -0.2) is 0 Å². The number of ketones is 1. The number of anilines is 1. The molecule has 1 saturated heterocycles. The Balaban J connectivity index is 0.00000280. The maximum Gasteiger partial charge on any atom is 0.238 e. The summed E-state index contributed by atoms with van der Waals surface area (Å²) >= 11 is 0. The summed E-state index contributed by atoms with van der Waals surface area (Å²) < 4.78 is 5.50. The molecule has 1 unspecified atom stereocenters. The number of carbonyl (C=O) groups is 2. The second-order valence-electron chi connectivity index (χ2n) is 6.62. The van der Waals surface area contributed by atoms with Crippen molar-refractivity contribution in [2.45, 2.75) is 13.0 Å². The fourth-order valence-corrected chi connectivity index (χ4v) is 3.38. The first kappa shape index (κ1) is 21.9. The summed E-state index contributed by atoms with van der Waals surface area (Å²) in [7, 11) is 1.66. The van der Waals surface area contributed by atoms with Crippen LogP contribution in [-0.2, 0) is 4.79 Å². The number of amides is 1.